The number of hydrogen-bond donors (Lipinski definition) is 16. The summed E-state index contributed by atoms with van der Waals surface area (Å²) in [6.45, 7) is 9.03. The molecule has 11 amide bonds. The molecule has 1 saturated heterocycles. The van der Waals surface area contributed by atoms with Crippen LogP contribution in [0.3, 0.4) is 0 Å². The number of amides is 11. The highest BCUT2D eigenvalue weighted by Gasteiger charge is 2.40. The van der Waals surface area contributed by atoms with Gasteiger partial charge in [-0.2, -0.15) is 5.10 Å². The zero-order chi connectivity index (χ0) is 63.8. The van der Waals surface area contributed by atoms with E-state index in [4.69, 9.17) is 22.9 Å². The predicted molar refractivity (Wildman–Crippen MR) is 316 cm³/mol. The Balaban J connectivity index is 1.27. The van der Waals surface area contributed by atoms with Gasteiger partial charge in [-0.05, 0) is 88.8 Å². The molecule has 1 aliphatic rings. The molecular formula is C56H85N17O13. The monoisotopic (exact) mass is 1200 g/mol. The molecule has 0 bridgehead atoms. The number of aliphatic hydroxyl groups excluding tert-OH is 2. The number of aromatic amines is 1. The summed E-state index contributed by atoms with van der Waals surface area (Å²) in [6, 6.07) is 4.64. The van der Waals surface area contributed by atoms with Crippen LogP contribution in [0, 0.1) is 11.8 Å². The Morgan fingerprint density at radius 3 is 1.85 bits per heavy atom. The molecule has 20 N–H and O–H groups in total. The van der Waals surface area contributed by atoms with E-state index in [1.54, 1.807) is 52.0 Å². The van der Waals surface area contributed by atoms with E-state index in [9.17, 15) is 63.0 Å². The number of benzene rings is 2. The van der Waals surface area contributed by atoms with Crippen LogP contribution in [0.2, 0.25) is 0 Å². The van der Waals surface area contributed by atoms with E-state index in [0.29, 0.717) is 24.8 Å². The number of likely N-dealkylation sites (tertiary alicyclic amines) is 1. The average Bonchev–Trinajstić information content (AvgIpc) is 3.89. The van der Waals surface area contributed by atoms with E-state index in [1.165, 1.54) is 11.8 Å². The summed E-state index contributed by atoms with van der Waals surface area (Å²) >= 11 is 0. The van der Waals surface area contributed by atoms with Crippen molar-refractivity contribution in [3.8, 4) is 11.3 Å². The second kappa shape index (κ2) is 34.3. The van der Waals surface area contributed by atoms with Crippen LogP contribution >= 0.6 is 0 Å². The van der Waals surface area contributed by atoms with Gasteiger partial charge in [0.25, 0.3) is 5.91 Å². The molecule has 30 nitrogen and oxygen atoms in total. The van der Waals surface area contributed by atoms with Gasteiger partial charge in [0.05, 0.1) is 49.0 Å². The first-order chi connectivity index (χ1) is 40.7. The third-order valence-corrected chi connectivity index (χ3v) is 13.7. The van der Waals surface area contributed by atoms with Crippen molar-refractivity contribution in [3.63, 3.8) is 0 Å². The molecule has 4 rings (SSSR count). The number of aliphatic hydroxyl groups is 2. The number of nitrogens with two attached hydrogens (primary N) is 4. The number of primary amides is 1. The molecule has 0 aliphatic carbocycles. The van der Waals surface area contributed by atoms with Crippen LogP contribution < -0.4 is 70.8 Å². The van der Waals surface area contributed by atoms with Crippen LogP contribution in [0.5, 0.6) is 0 Å². The van der Waals surface area contributed by atoms with Crippen LogP contribution in [0.4, 0.5) is 0 Å². The van der Waals surface area contributed by atoms with E-state index in [2.05, 4.69) is 63.0 Å². The Morgan fingerprint density at radius 1 is 0.663 bits per heavy atom. The molecule has 9 atom stereocenters. The van der Waals surface area contributed by atoms with E-state index in [1.807, 2.05) is 24.3 Å². The number of carbonyl (C=O) groups is 11. The van der Waals surface area contributed by atoms with Crippen molar-refractivity contribution in [3.05, 3.63) is 54.1 Å². The Hall–Kier alpha value is -8.77. The third kappa shape index (κ3) is 22.3. The number of nitrogens with zero attached hydrogens (tertiary/aromatic N) is 3. The lowest BCUT2D eigenvalue weighted by molar-refractivity contribution is -0.142. The average molecular weight is 1200 g/mol. The molecule has 0 radical (unpaired) electrons. The highest BCUT2D eigenvalue weighted by Crippen LogP contribution is 2.26. The van der Waals surface area contributed by atoms with Gasteiger partial charge in [-0.25, -0.2) is 0 Å². The number of aliphatic imine (C=N–C) groups is 1. The minimum atomic E-state index is -1.80. The fraction of sp³-hybridized carbons (Fsp3) is 0.554. The Labute approximate surface area is 498 Å². The molecule has 86 heavy (non-hydrogen) atoms. The molecule has 1 aliphatic heterocycles. The highest BCUT2D eigenvalue weighted by atomic mass is 16.3. The molecule has 1 aromatic heterocycles. The quantitative estimate of drug-likeness (QED) is 0.0155. The van der Waals surface area contributed by atoms with Crippen LogP contribution in [-0.4, -0.2) is 190 Å². The van der Waals surface area contributed by atoms with Gasteiger partial charge in [0, 0.05) is 42.7 Å². The van der Waals surface area contributed by atoms with Gasteiger partial charge in [0.1, 0.15) is 36.3 Å². The molecule has 0 spiro atoms. The first kappa shape index (κ1) is 69.7. The minimum absolute atomic E-state index is 0.0181. The van der Waals surface area contributed by atoms with E-state index < -0.39 is 133 Å². The molecule has 0 saturated carbocycles. The molecule has 2 aromatic carbocycles. The molecule has 3 aromatic rings. The van der Waals surface area contributed by atoms with Crippen LogP contribution in [0.15, 0.2) is 53.5 Å². The van der Waals surface area contributed by atoms with Gasteiger partial charge < -0.3 is 85.9 Å². The molecule has 0 unspecified atom stereocenters. The van der Waals surface area contributed by atoms with Gasteiger partial charge in [-0.15, -0.1) is 0 Å². The van der Waals surface area contributed by atoms with Crippen LogP contribution in [0.25, 0.3) is 22.2 Å². The molecule has 1 fully saturated rings. The number of nitrogens with one attached hydrogen (secondary N) is 10. The SMILES string of the molecule is CC(C)C[C@H](NC(=O)[C@H](CC(N)=O)NC(=O)[C@H](CC(C)C)NC(=O)[C@@H](NC(=O)[C@@H](NC(=O)[C@@H]1CCCN1C(=O)[C@@H](N)CCCN=C(N)N)[C@@H](C)O)[C@@H](C)O)C(=O)NCC(=O)NCC(=O)NCCCNC(=O)c1ccc(-c2n[nH]c3ccccc23)cc1. The fourth-order valence-electron chi connectivity index (χ4n) is 9.26. The topological polar surface area (TPSA) is 485 Å². The molecule has 30 heteroatoms. The summed E-state index contributed by atoms with van der Waals surface area (Å²) in [7, 11) is 0. The van der Waals surface area contributed by atoms with Crippen LogP contribution in [-0.2, 0) is 47.9 Å². The largest absolute Gasteiger partial charge is 0.391 e. The summed E-state index contributed by atoms with van der Waals surface area (Å²) in [5.74, 6) is -9.66. The van der Waals surface area contributed by atoms with Gasteiger partial charge in [-0.1, -0.05) is 58.0 Å². The number of guanidine groups is 1. The standard InChI is InChI=1S/C56H85N17O13/c1-29(2)24-38(49(80)65-28-44(78)64-27-43(77)61-21-11-22-62-48(79)34-18-16-33(17-19-34)47-35-12-7-8-14-37(35)71-72-47)66-51(82)40(26-42(58)76)67-50(81)39(25-30(3)4)68-53(84)45(31(5)74)70-54(85)46(32(6)75)69-52(83)41-15-10-23-73(41)55(86)36(57)13-9-20-63-56(59)60/h7-8,12,14,16-19,29-32,36,38-41,45-46,74-75H,9-11,13,15,20-28,57H2,1-6H3,(H2,58,76)(H,61,77)(H,62,79)(H,64,78)(H,65,80)(H,66,82)(H,67,81)(H,68,84)(H,69,83)(H,70,85)(H,71,72)(H4,59,60,63)/t31-,32-,36+,38+,39+,40+,41+,45+,46+/m1/s1. The second-order valence-corrected chi connectivity index (χ2v) is 22.0. The second-order valence-electron chi connectivity index (χ2n) is 22.0. The first-order valence-electron chi connectivity index (χ1n) is 28.6. The number of para-hydroxylation sites is 1. The minimum Gasteiger partial charge on any atom is -0.391 e. The Morgan fingerprint density at radius 2 is 1.22 bits per heavy atom. The summed E-state index contributed by atoms with van der Waals surface area (Å²) in [6.07, 6.45) is -2.43. The summed E-state index contributed by atoms with van der Waals surface area (Å²) in [5, 5.41) is 52.0. The molecule has 472 valence electrons. The van der Waals surface area contributed by atoms with E-state index >= 15 is 0 Å². The predicted octanol–water partition coefficient (Wildman–Crippen LogP) is -3.78. The van der Waals surface area contributed by atoms with E-state index in [0.717, 1.165) is 29.1 Å². The fourth-order valence-corrected chi connectivity index (χ4v) is 9.26. The van der Waals surface area contributed by atoms with Crippen LogP contribution in [0.1, 0.15) is 103 Å². The zero-order valence-electron chi connectivity index (χ0n) is 49.4. The van der Waals surface area contributed by atoms with Gasteiger partial charge in [-0.3, -0.25) is 62.8 Å². The number of carbonyl (C=O) groups excluding carboxylic acids is 11. The van der Waals surface area contributed by atoms with Gasteiger partial charge in [0.15, 0.2) is 5.96 Å². The maximum Gasteiger partial charge on any atom is 0.251 e. The van der Waals surface area contributed by atoms with E-state index in [-0.39, 0.29) is 75.6 Å². The third-order valence-electron chi connectivity index (χ3n) is 13.7. The van der Waals surface area contributed by atoms with Gasteiger partial charge in [0.2, 0.25) is 59.1 Å². The maximum absolute atomic E-state index is 14.0. The lowest BCUT2D eigenvalue weighted by atomic mass is 10.0. The van der Waals surface area contributed by atoms with Crippen molar-refractivity contribution < 1.29 is 63.0 Å². The van der Waals surface area contributed by atoms with Crippen molar-refractivity contribution in [1.82, 2.24) is 62.9 Å². The number of rotatable bonds is 34. The van der Waals surface area contributed by atoms with Crippen molar-refractivity contribution in [2.45, 2.75) is 147 Å². The normalized spacial score (nSPS) is 15.8. The molecule has 2 heterocycles. The lowest BCUT2D eigenvalue weighted by Gasteiger charge is -2.30. The van der Waals surface area contributed by atoms with Crippen molar-refractivity contribution in [2.24, 2.45) is 39.8 Å². The maximum atomic E-state index is 14.0. The number of aromatic nitrogens is 2. The van der Waals surface area contributed by atoms with Gasteiger partial charge >= 0.3 is 0 Å². The Bertz CT molecular complexity index is 2870. The number of hydrogen-bond acceptors (Lipinski definition) is 16. The summed E-state index contributed by atoms with van der Waals surface area (Å²) in [4.78, 5) is 151. The number of fused-ring (bicyclic) bond motifs is 1. The smallest absolute Gasteiger partial charge is 0.251 e. The van der Waals surface area contributed by atoms with Crippen molar-refractivity contribution in [1.29, 1.82) is 0 Å². The first-order valence-corrected chi connectivity index (χ1v) is 28.6. The number of H-pyrrole nitrogens is 1. The Kier molecular flexibility index (Phi) is 27.8. The van der Waals surface area contributed by atoms with Crippen molar-refractivity contribution in [2.75, 3.05) is 39.3 Å². The van der Waals surface area contributed by atoms with Crippen molar-refractivity contribution >= 4 is 81.8 Å². The lowest BCUT2D eigenvalue weighted by Crippen LogP contribution is -2.63. The molecular weight excluding hydrogens is 1120 g/mol. The summed E-state index contributed by atoms with van der Waals surface area (Å²) in [5.41, 5.74) is 25.2. The summed E-state index contributed by atoms with van der Waals surface area (Å²) < 4.78 is 0. The highest BCUT2D eigenvalue weighted by molar-refractivity contribution is 6.00. The zero-order valence-corrected chi connectivity index (χ0v) is 49.4.